The van der Waals surface area contributed by atoms with Crippen LogP contribution in [0.15, 0.2) is 42.5 Å². The molecule has 0 fully saturated rings. The molecule has 180 valence electrons. The first kappa shape index (κ1) is 27.0. The van der Waals surface area contributed by atoms with Gasteiger partial charge in [-0.3, -0.25) is 13.9 Å². The van der Waals surface area contributed by atoms with Crippen molar-refractivity contribution in [2.24, 2.45) is 0 Å². The van der Waals surface area contributed by atoms with Gasteiger partial charge < -0.3 is 10.2 Å². The fourth-order valence-electron chi connectivity index (χ4n) is 3.28. The fraction of sp³-hybridized carbons (Fsp3) is 0.391. The summed E-state index contributed by atoms with van der Waals surface area (Å²) >= 11 is 12.6. The molecule has 33 heavy (non-hydrogen) atoms. The van der Waals surface area contributed by atoms with Crippen molar-refractivity contribution in [1.29, 1.82) is 0 Å². The molecule has 0 aliphatic heterocycles. The molecule has 0 aliphatic carbocycles. The summed E-state index contributed by atoms with van der Waals surface area (Å²) in [5.74, 6) is -0.698. The number of benzene rings is 2. The molecule has 10 heteroatoms. The lowest BCUT2D eigenvalue weighted by Gasteiger charge is -2.31. The predicted octanol–water partition coefficient (Wildman–Crippen LogP) is 4.05. The molecule has 0 saturated heterocycles. The fourth-order valence-corrected chi connectivity index (χ4v) is 4.65. The quantitative estimate of drug-likeness (QED) is 0.547. The van der Waals surface area contributed by atoms with Crippen molar-refractivity contribution in [2.45, 2.75) is 39.3 Å². The van der Waals surface area contributed by atoms with Gasteiger partial charge >= 0.3 is 0 Å². The van der Waals surface area contributed by atoms with Gasteiger partial charge in [-0.05, 0) is 42.7 Å². The number of rotatable bonds is 9. The van der Waals surface area contributed by atoms with Crippen molar-refractivity contribution < 1.29 is 18.0 Å². The van der Waals surface area contributed by atoms with Gasteiger partial charge in [0.25, 0.3) is 0 Å². The number of nitrogens with one attached hydrogen (secondary N) is 1. The molecule has 0 bridgehead atoms. The zero-order valence-corrected chi connectivity index (χ0v) is 21.6. The van der Waals surface area contributed by atoms with Crippen LogP contribution in [0.3, 0.4) is 0 Å². The number of sulfonamides is 1. The van der Waals surface area contributed by atoms with Gasteiger partial charge in [-0.1, -0.05) is 55.2 Å². The number of hydrogen-bond donors (Lipinski definition) is 1. The third-order valence-electron chi connectivity index (χ3n) is 5.33. The second kappa shape index (κ2) is 11.2. The second-order valence-corrected chi connectivity index (χ2v) is 10.7. The Morgan fingerprint density at radius 3 is 2.00 bits per heavy atom. The molecule has 2 rings (SSSR count). The van der Waals surface area contributed by atoms with E-state index in [2.05, 4.69) is 5.32 Å². The maximum atomic E-state index is 13.4. The summed E-state index contributed by atoms with van der Waals surface area (Å²) in [6.07, 6.45) is 1.04. The van der Waals surface area contributed by atoms with Crippen LogP contribution in [0.25, 0.3) is 0 Å². The SMILES string of the molecule is CNC(=O)[C@H](C)N(Cc1c(Cl)cccc1Cl)C(=O)CN(c1ccc(C(C)C)cc1)S(C)(=O)=O. The molecule has 1 N–H and O–H groups in total. The number of carbonyl (C=O) groups is 2. The number of carbonyl (C=O) groups excluding carboxylic acids is 2. The largest absolute Gasteiger partial charge is 0.357 e. The monoisotopic (exact) mass is 513 g/mol. The Hall–Kier alpha value is -2.29. The number of anilines is 1. The molecule has 0 unspecified atom stereocenters. The molecule has 2 aromatic carbocycles. The van der Waals surface area contributed by atoms with Gasteiger partial charge in [0.1, 0.15) is 12.6 Å². The summed E-state index contributed by atoms with van der Waals surface area (Å²) in [5, 5.41) is 3.20. The van der Waals surface area contributed by atoms with Crippen LogP contribution >= 0.6 is 23.2 Å². The lowest BCUT2D eigenvalue weighted by Crippen LogP contribution is -2.50. The zero-order valence-electron chi connectivity index (χ0n) is 19.3. The van der Waals surface area contributed by atoms with E-state index in [-0.39, 0.29) is 12.5 Å². The lowest BCUT2D eigenvalue weighted by molar-refractivity contribution is -0.139. The van der Waals surface area contributed by atoms with Crippen LogP contribution in [0.2, 0.25) is 10.0 Å². The van der Waals surface area contributed by atoms with Gasteiger partial charge in [-0.25, -0.2) is 8.42 Å². The van der Waals surface area contributed by atoms with E-state index in [0.29, 0.717) is 21.3 Å². The van der Waals surface area contributed by atoms with Gasteiger partial charge in [0, 0.05) is 29.2 Å². The topological polar surface area (TPSA) is 86.8 Å². The molecule has 0 aliphatic rings. The minimum atomic E-state index is -3.79. The number of nitrogens with zero attached hydrogens (tertiary/aromatic N) is 2. The van der Waals surface area contributed by atoms with Crippen LogP contribution in [-0.2, 0) is 26.2 Å². The second-order valence-electron chi connectivity index (χ2n) is 8.03. The third-order valence-corrected chi connectivity index (χ3v) is 7.18. The van der Waals surface area contributed by atoms with Crippen LogP contribution in [0.1, 0.15) is 37.8 Å². The molecule has 0 saturated carbocycles. The third kappa shape index (κ3) is 6.85. The first-order valence-electron chi connectivity index (χ1n) is 10.4. The van der Waals surface area contributed by atoms with Crippen LogP contribution < -0.4 is 9.62 Å². The molecular weight excluding hydrogens is 485 g/mol. The molecule has 2 amide bonds. The van der Waals surface area contributed by atoms with Crippen molar-refractivity contribution in [3.63, 3.8) is 0 Å². The Kier molecular flexibility index (Phi) is 9.17. The molecule has 7 nitrogen and oxygen atoms in total. The Balaban J connectivity index is 2.43. The van der Waals surface area contributed by atoms with Crippen molar-refractivity contribution in [3.05, 3.63) is 63.6 Å². The minimum absolute atomic E-state index is 0.0597. The Morgan fingerprint density at radius 1 is 1.00 bits per heavy atom. The van der Waals surface area contributed by atoms with E-state index in [9.17, 15) is 18.0 Å². The van der Waals surface area contributed by atoms with E-state index in [4.69, 9.17) is 23.2 Å². The maximum Gasteiger partial charge on any atom is 0.244 e. The average Bonchev–Trinajstić information content (AvgIpc) is 2.75. The zero-order chi connectivity index (χ0) is 24.9. The Morgan fingerprint density at radius 2 is 1.55 bits per heavy atom. The first-order chi connectivity index (χ1) is 15.4. The van der Waals surface area contributed by atoms with Crippen molar-refractivity contribution in [3.8, 4) is 0 Å². The highest BCUT2D eigenvalue weighted by molar-refractivity contribution is 7.92. The number of amides is 2. The molecule has 0 heterocycles. The maximum absolute atomic E-state index is 13.4. The van der Waals surface area contributed by atoms with Crippen LogP contribution in [0, 0.1) is 0 Å². The van der Waals surface area contributed by atoms with Crippen LogP contribution in [0.5, 0.6) is 0 Å². The lowest BCUT2D eigenvalue weighted by atomic mass is 10.0. The summed E-state index contributed by atoms with van der Waals surface area (Å²) in [6, 6.07) is 11.1. The van der Waals surface area contributed by atoms with Crippen molar-refractivity contribution in [1.82, 2.24) is 10.2 Å². The molecular formula is C23H29Cl2N3O4S. The summed E-state index contributed by atoms with van der Waals surface area (Å²) in [5.41, 5.74) is 1.87. The molecule has 0 aromatic heterocycles. The van der Waals surface area contributed by atoms with E-state index >= 15 is 0 Å². The van der Waals surface area contributed by atoms with E-state index in [1.54, 1.807) is 37.3 Å². The van der Waals surface area contributed by atoms with Gasteiger partial charge in [-0.15, -0.1) is 0 Å². The number of hydrogen-bond acceptors (Lipinski definition) is 4. The highest BCUT2D eigenvalue weighted by Crippen LogP contribution is 2.27. The first-order valence-corrected chi connectivity index (χ1v) is 13.0. The van der Waals surface area contributed by atoms with Gasteiger partial charge in [0.15, 0.2) is 0 Å². The standard InChI is InChI=1S/C23H29Cl2N3O4S/c1-15(2)17-9-11-18(12-10-17)28(33(5,31)32)14-22(29)27(16(3)23(30)26-4)13-19-20(24)7-6-8-21(19)25/h6-12,15-16H,13-14H2,1-5H3,(H,26,30)/t16-/m0/s1. The van der Waals surface area contributed by atoms with Crippen molar-refractivity contribution in [2.75, 3.05) is 24.2 Å². The predicted molar refractivity (Wildman–Crippen MR) is 133 cm³/mol. The highest BCUT2D eigenvalue weighted by atomic mass is 35.5. The highest BCUT2D eigenvalue weighted by Gasteiger charge is 2.30. The normalized spacial score (nSPS) is 12.4. The summed E-state index contributed by atoms with van der Waals surface area (Å²) < 4.78 is 26.2. The molecule has 0 spiro atoms. The van der Waals surface area contributed by atoms with Crippen molar-refractivity contribution >= 4 is 50.7 Å². The molecule has 0 radical (unpaired) electrons. The summed E-state index contributed by atoms with van der Waals surface area (Å²) in [4.78, 5) is 27.0. The Bertz CT molecular complexity index is 1080. The molecule has 1 atom stereocenters. The van der Waals surface area contributed by atoms with E-state index in [1.165, 1.54) is 11.9 Å². The number of likely N-dealkylation sites (N-methyl/N-ethyl adjacent to an activating group) is 1. The van der Waals surface area contributed by atoms with Gasteiger partial charge in [0.05, 0.1) is 11.9 Å². The van der Waals surface area contributed by atoms with Crippen LogP contribution in [-0.4, -0.2) is 51.0 Å². The van der Waals surface area contributed by atoms with E-state index in [0.717, 1.165) is 16.1 Å². The van der Waals surface area contributed by atoms with Gasteiger partial charge in [0.2, 0.25) is 21.8 Å². The van der Waals surface area contributed by atoms with E-state index in [1.807, 2.05) is 26.0 Å². The van der Waals surface area contributed by atoms with E-state index < -0.39 is 34.4 Å². The Labute approximate surface area is 205 Å². The summed E-state index contributed by atoms with van der Waals surface area (Å²) in [6.45, 7) is 5.08. The average molecular weight is 514 g/mol. The van der Waals surface area contributed by atoms with Crippen LogP contribution in [0.4, 0.5) is 5.69 Å². The van der Waals surface area contributed by atoms with Gasteiger partial charge in [-0.2, -0.15) is 0 Å². The summed E-state index contributed by atoms with van der Waals surface area (Å²) in [7, 11) is -2.33. The molecule has 2 aromatic rings. The number of halogens is 2. The minimum Gasteiger partial charge on any atom is -0.357 e. The smallest absolute Gasteiger partial charge is 0.244 e.